The lowest BCUT2D eigenvalue weighted by atomic mass is 9.80. The number of likely N-dealkylation sites (tertiary alicyclic amines) is 1. The number of aliphatic carboxylic acids is 1. The van der Waals surface area contributed by atoms with Gasteiger partial charge in [-0.05, 0) is 44.0 Å². The first-order valence-corrected chi connectivity index (χ1v) is 7.06. The summed E-state index contributed by atoms with van der Waals surface area (Å²) in [5.74, 6) is -0.667. The van der Waals surface area contributed by atoms with E-state index in [1.807, 2.05) is 6.92 Å². The molecule has 0 spiro atoms. The summed E-state index contributed by atoms with van der Waals surface area (Å²) in [5, 5.41) is 9.24. The molecule has 4 heteroatoms. The highest BCUT2D eigenvalue weighted by Crippen LogP contribution is 2.31. The molecular formula is C16H23NO3. The number of carboxylic acids is 1. The molecule has 4 nitrogen and oxygen atoms in total. The summed E-state index contributed by atoms with van der Waals surface area (Å²) in [6.45, 7) is 5.05. The van der Waals surface area contributed by atoms with E-state index in [0.717, 1.165) is 32.5 Å². The highest BCUT2D eigenvalue weighted by molar-refractivity contribution is 5.74. The topological polar surface area (TPSA) is 49.8 Å². The van der Waals surface area contributed by atoms with Crippen LogP contribution < -0.4 is 0 Å². The van der Waals surface area contributed by atoms with E-state index in [0.29, 0.717) is 6.61 Å². The highest BCUT2D eigenvalue weighted by Gasteiger charge is 2.36. The second-order valence-electron chi connectivity index (χ2n) is 5.89. The number of carboxylic acid groups (broad SMARTS) is 1. The summed E-state index contributed by atoms with van der Waals surface area (Å²) in [5.41, 5.74) is 1.89. The van der Waals surface area contributed by atoms with Gasteiger partial charge in [0, 0.05) is 13.7 Å². The third kappa shape index (κ3) is 3.58. The quantitative estimate of drug-likeness (QED) is 0.898. The average molecular weight is 277 g/mol. The lowest BCUT2D eigenvalue weighted by Crippen LogP contribution is -2.42. The van der Waals surface area contributed by atoms with E-state index in [1.165, 1.54) is 11.1 Å². The van der Waals surface area contributed by atoms with Gasteiger partial charge in [-0.2, -0.15) is 0 Å². The Labute approximate surface area is 120 Å². The Morgan fingerprint density at radius 3 is 2.60 bits per heavy atom. The molecule has 20 heavy (non-hydrogen) atoms. The van der Waals surface area contributed by atoms with Crippen LogP contribution in [0.2, 0.25) is 0 Å². The molecule has 1 fully saturated rings. The Balaban J connectivity index is 1.92. The molecular weight excluding hydrogens is 254 g/mol. The van der Waals surface area contributed by atoms with Crippen molar-refractivity contribution in [2.24, 2.45) is 5.41 Å². The molecule has 1 aromatic carbocycles. The maximum atomic E-state index is 11.2. The number of carbonyl (C=O) groups is 1. The number of hydrogen-bond acceptors (Lipinski definition) is 3. The van der Waals surface area contributed by atoms with Crippen LogP contribution in [-0.4, -0.2) is 36.2 Å². The molecule has 0 saturated carbocycles. The van der Waals surface area contributed by atoms with E-state index in [2.05, 4.69) is 29.2 Å². The third-order valence-corrected chi connectivity index (χ3v) is 4.18. The van der Waals surface area contributed by atoms with E-state index in [-0.39, 0.29) is 0 Å². The molecule has 0 aliphatic carbocycles. The van der Waals surface area contributed by atoms with Crippen LogP contribution in [0.15, 0.2) is 24.3 Å². The van der Waals surface area contributed by atoms with E-state index >= 15 is 0 Å². The predicted octanol–water partition coefficient (Wildman–Crippen LogP) is 2.52. The normalized spacial score (nSPS) is 18.9. The molecule has 0 amide bonds. The summed E-state index contributed by atoms with van der Waals surface area (Å²) in [4.78, 5) is 13.6. The molecule has 0 aromatic heterocycles. The summed E-state index contributed by atoms with van der Waals surface area (Å²) in [7, 11) is 1.70. The Morgan fingerprint density at radius 1 is 1.35 bits per heavy atom. The minimum absolute atomic E-state index is 0.547. The van der Waals surface area contributed by atoms with Crippen molar-refractivity contribution >= 4 is 5.97 Å². The van der Waals surface area contributed by atoms with Gasteiger partial charge >= 0.3 is 5.97 Å². The maximum Gasteiger partial charge on any atom is 0.309 e. The second kappa shape index (κ2) is 6.37. The summed E-state index contributed by atoms with van der Waals surface area (Å²) >= 11 is 0. The van der Waals surface area contributed by atoms with Crippen molar-refractivity contribution in [1.82, 2.24) is 4.90 Å². The van der Waals surface area contributed by atoms with E-state index in [4.69, 9.17) is 4.74 Å². The lowest BCUT2D eigenvalue weighted by molar-refractivity contribution is -0.150. The van der Waals surface area contributed by atoms with Crippen molar-refractivity contribution in [2.75, 3.05) is 20.2 Å². The average Bonchev–Trinajstić information content (AvgIpc) is 2.42. The van der Waals surface area contributed by atoms with Crippen molar-refractivity contribution in [2.45, 2.75) is 32.9 Å². The Morgan fingerprint density at radius 2 is 2.00 bits per heavy atom. The Hall–Kier alpha value is -1.39. The number of piperidine rings is 1. The molecule has 110 valence electrons. The molecule has 1 aliphatic rings. The first-order chi connectivity index (χ1) is 9.53. The molecule has 0 radical (unpaired) electrons. The smallest absolute Gasteiger partial charge is 0.309 e. The van der Waals surface area contributed by atoms with Crippen molar-refractivity contribution in [3.8, 4) is 0 Å². The molecule has 2 rings (SSSR count). The zero-order valence-corrected chi connectivity index (χ0v) is 12.3. The maximum absolute atomic E-state index is 11.2. The van der Waals surface area contributed by atoms with Gasteiger partial charge in [0.15, 0.2) is 0 Å². The second-order valence-corrected chi connectivity index (χ2v) is 5.89. The minimum atomic E-state index is -0.667. The monoisotopic (exact) mass is 277 g/mol. The van der Waals surface area contributed by atoms with Gasteiger partial charge in [-0.15, -0.1) is 0 Å². The van der Waals surface area contributed by atoms with Gasteiger partial charge in [0.05, 0.1) is 12.0 Å². The van der Waals surface area contributed by atoms with Crippen LogP contribution in [0.3, 0.4) is 0 Å². The van der Waals surface area contributed by atoms with E-state index in [9.17, 15) is 9.90 Å². The molecule has 1 saturated heterocycles. The van der Waals surface area contributed by atoms with Gasteiger partial charge in [0.2, 0.25) is 0 Å². The number of benzene rings is 1. The largest absolute Gasteiger partial charge is 0.481 e. The molecule has 1 heterocycles. The molecule has 0 unspecified atom stereocenters. The minimum Gasteiger partial charge on any atom is -0.481 e. The molecule has 0 bridgehead atoms. The van der Waals surface area contributed by atoms with Crippen molar-refractivity contribution in [3.63, 3.8) is 0 Å². The number of rotatable bonds is 5. The van der Waals surface area contributed by atoms with Crippen LogP contribution in [0.1, 0.15) is 30.9 Å². The van der Waals surface area contributed by atoms with Gasteiger partial charge in [0.1, 0.15) is 0 Å². The standard InChI is InChI=1S/C16H23NO3/c1-16(15(18)19)6-8-17(9-7-16)11-13-4-3-5-14(10-13)12-20-2/h3-5,10H,6-9,11-12H2,1-2H3,(H,18,19). The van der Waals surface area contributed by atoms with Gasteiger partial charge in [0.25, 0.3) is 0 Å². The number of hydrogen-bond donors (Lipinski definition) is 1. The number of ether oxygens (including phenoxy) is 1. The fourth-order valence-corrected chi connectivity index (χ4v) is 2.66. The predicted molar refractivity (Wildman–Crippen MR) is 77.4 cm³/mol. The summed E-state index contributed by atoms with van der Waals surface area (Å²) < 4.78 is 5.15. The first-order valence-electron chi connectivity index (χ1n) is 7.06. The van der Waals surface area contributed by atoms with Crippen LogP contribution in [0.4, 0.5) is 0 Å². The number of nitrogens with zero attached hydrogens (tertiary/aromatic N) is 1. The van der Waals surface area contributed by atoms with Gasteiger partial charge in [-0.1, -0.05) is 24.3 Å². The van der Waals surface area contributed by atoms with E-state index in [1.54, 1.807) is 7.11 Å². The van der Waals surface area contributed by atoms with Crippen molar-refractivity contribution in [3.05, 3.63) is 35.4 Å². The zero-order valence-electron chi connectivity index (χ0n) is 12.3. The molecule has 0 atom stereocenters. The van der Waals surface area contributed by atoms with Crippen LogP contribution in [0.25, 0.3) is 0 Å². The molecule has 1 N–H and O–H groups in total. The van der Waals surface area contributed by atoms with Gasteiger partial charge in [-0.3, -0.25) is 9.69 Å². The Bertz CT molecular complexity index is 465. The van der Waals surface area contributed by atoms with Crippen molar-refractivity contribution in [1.29, 1.82) is 0 Å². The Kier molecular flexibility index (Phi) is 4.78. The lowest BCUT2D eigenvalue weighted by Gasteiger charge is -2.36. The fourth-order valence-electron chi connectivity index (χ4n) is 2.66. The van der Waals surface area contributed by atoms with Crippen LogP contribution in [0, 0.1) is 5.41 Å². The zero-order chi connectivity index (χ0) is 14.6. The van der Waals surface area contributed by atoms with Gasteiger partial charge in [-0.25, -0.2) is 0 Å². The van der Waals surface area contributed by atoms with Crippen LogP contribution >= 0.6 is 0 Å². The number of methoxy groups -OCH3 is 1. The van der Waals surface area contributed by atoms with Crippen LogP contribution in [-0.2, 0) is 22.7 Å². The fraction of sp³-hybridized carbons (Fsp3) is 0.562. The summed E-state index contributed by atoms with van der Waals surface area (Å²) in [6, 6.07) is 8.39. The summed E-state index contributed by atoms with van der Waals surface area (Å²) in [6.07, 6.45) is 1.44. The van der Waals surface area contributed by atoms with E-state index < -0.39 is 11.4 Å². The van der Waals surface area contributed by atoms with Crippen LogP contribution in [0.5, 0.6) is 0 Å². The molecule has 1 aromatic rings. The first kappa shape index (κ1) is 15.0. The third-order valence-electron chi connectivity index (χ3n) is 4.18. The van der Waals surface area contributed by atoms with Gasteiger partial charge < -0.3 is 9.84 Å². The SMILES string of the molecule is COCc1cccc(CN2CCC(C)(C(=O)O)CC2)c1. The molecule has 1 aliphatic heterocycles. The van der Waals surface area contributed by atoms with Crippen molar-refractivity contribution < 1.29 is 14.6 Å². The highest BCUT2D eigenvalue weighted by atomic mass is 16.5.